The number of rotatable bonds is 10. The maximum atomic E-state index is 12.9. The standard InChI is InChI=1S/C22H26N2O6/c1-4-29-22(26)19(12-15(2)3)23-21(25)18-11-10-17(24(27)28)13-20(18)30-14-16-8-6-5-7-9-16/h5-11,13,15,19H,4,12,14H2,1-3H3,(H,23,25)/t19-/m0/s1. The van der Waals surface area contributed by atoms with E-state index >= 15 is 0 Å². The van der Waals surface area contributed by atoms with Crippen molar-refractivity contribution in [3.05, 3.63) is 69.8 Å². The fraction of sp³-hybridized carbons (Fsp3) is 0.364. The predicted molar refractivity (Wildman–Crippen MR) is 111 cm³/mol. The second-order valence-corrected chi connectivity index (χ2v) is 7.12. The van der Waals surface area contributed by atoms with E-state index in [0.717, 1.165) is 5.56 Å². The number of hydrogen-bond acceptors (Lipinski definition) is 6. The van der Waals surface area contributed by atoms with Crippen LogP contribution < -0.4 is 10.1 Å². The quantitative estimate of drug-likeness (QED) is 0.359. The van der Waals surface area contributed by atoms with Gasteiger partial charge in [-0.05, 0) is 30.9 Å². The summed E-state index contributed by atoms with van der Waals surface area (Å²) in [6.07, 6.45) is 0.401. The Hall–Kier alpha value is -3.42. The van der Waals surface area contributed by atoms with Gasteiger partial charge in [0.1, 0.15) is 18.4 Å². The van der Waals surface area contributed by atoms with Crippen LogP contribution in [0.4, 0.5) is 5.69 Å². The second-order valence-electron chi connectivity index (χ2n) is 7.12. The summed E-state index contributed by atoms with van der Waals surface area (Å²) >= 11 is 0. The molecule has 0 heterocycles. The molecule has 0 aliphatic rings. The Kier molecular flexibility index (Phi) is 8.34. The molecule has 0 saturated carbocycles. The molecule has 0 aromatic heterocycles. The normalized spacial score (nSPS) is 11.6. The van der Waals surface area contributed by atoms with E-state index < -0.39 is 22.8 Å². The van der Waals surface area contributed by atoms with Crippen LogP contribution in [0.25, 0.3) is 0 Å². The number of nitrogens with one attached hydrogen (secondary N) is 1. The topological polar surface area (TPSA) is 108 Å². The molecule has 2 rings (SSSR count). The van der Waals surface area contributed by atoms with Gasteiger partial charge < -0.3 is 14.8 Å². The first-order chi connectivity index (χ1) is 14.3. The van der Waals surface area contributed by atoms with Crippen LogP contribution in [0, 0.1) is 16.0 Å². The zero-order valence-electron chi connectivity index (χ0n) is 17.3. The first-order valence-corrected chi connectivity index (χ1v) is 9.74. The van der Waals surface area contributed by atoms with Crippen LogP contribution in [0.5, 0.6) is 5.75 Å². The summed E-state index contributed by atoms with van der Waals surface area (Å²) in [6.45, 7) is 5.89. The number of esters is 1. The van der Waals surface area contributed by atoms with Crippen LogP contribution in [-0.4, -0.2) is 29.4 Å². The van der Waals surface area contributed by atoms with Crippen LogP contribution in [0.1, 0.15) is 43.1 Å². The van der Waals surface area contributed by atoms with Gasteiger partial charge in [-0.3, -0.25) is 14.9 Å². The van der Waals surface area contributed by atoms with Crippen molar-refractivity contribution in [3.63, 3.8) is 0 Å². The first kappa shape index (κ1) is 22.9. The van der Waals surface area contributed by atoms with E-state index in [0.29, 0.717) is 6.42 Å². The maximum absolute atomic E-state index is 12.9. The number of non-ortho nitro benzene ring substituents is 1. The number of carbonyl (C=O) groups is 2. The van der Waals surface area contributed by atoms with Gasteiger partial charge in [-0.1, -0.05) is 44.2 Å². The Balaban J connectivity index is 2.27. The second kappa shape index (κ2) is 10.9. The lowest BCUT2D eigenvalue weighted by Gasteiger charge is -2.20. The van der Waals surface area contributed by atoms with E-state index in [1.165, 1.54) is 18.2 Å². The summed E-state index contributed by atoms with van der Waals surface area (Å²) in [5.41, 5.74) is 0.757. The van der Waals surface area contributed by atoms with Crippen molar-refractivity contribution in [1.29, 1.82) is 0 Å². The van der Waals surface area contributed by atoms with Crippen molar-refractivity contribution < 1.29 is 24.0 Å². The number of nitro groups is 1. The number of hydrogen-bond donors (Lipinski definition) is 1. The van der Waals surface area contributed by atoms with Crippen molar-refractivity contribution in [1.82, 2.24) is 5.32 Å². The SMILES string of the molecule is CCOC(=O)[C@H](CC(C)C)NC(=O)c1ccc([N+](=O)[O-])cc1OCc1ccccc1. The maximum Gasteiger partial charge on any atom is 0.328 e. The summed E-state index contributed by atoms with van der Waals surface area (Å²) in [4.78, 5) is 35.7. The van der Waals surface area contributed by atoms with Crippen LogP contribution >= 0.6 is 0 Å². The molecule has 0 radical (unpaired) electrons. The van der Waals surface area contributed by atoms with Gasteiger partial charge >= 0.3 is 5.97 Å². The van der Waals surface area contributed by atoms with E-state index in [9.17, 15) is 19.7 Å². The number of amides is 1. The van der Waals surface area contributed by atoms with Crippen molar-refractivity contribution in [3.8, 4) is 5.75 Å². The molecule has 0 aliphatic heterocycles. The van der Waals surface area contributed by atoms with Crippen LogP contribution in [0.2, 0.25) is 0 Å². The monoisotopic (exact) mass is 414 g/mol. The molecule has 0 saturated heterocycles. The van der Waals surface area contributed by atoms with Gasteiger partial charge in [0, 0.05) is 6.07 Å². The third kappa shape index (κ3) is 6.58. The highest BCUT2D eigenvalue weighted by atomic mass is 16.6. The smallest absolute Gasteiger partial charge is 0.328 e. The van der Waals surface area contributed by atoms with E-state index in [1.807, 2.05) is 44.2 Å². The first-order valence-electron chi connectivity index (χ1n) is 9.74. The Bertz CT molecular complexity index is 882. The zero-order valence-corrected chi connectivity index (χ0v) is 17.3. The molecule has 1 atom stereocenters. The number of carbonyl (C=O) groups excluding carboxylic acids is 2. The Morgan fingerprint density at radius 2 is 1.83 bits per heavy atom. The molecule has 8 nitrogen and oxygen atoms in total. The lowest BCUT2D eigenvalue weighted by Crippen LogP contribution is -2.42. The van der Waals surface area contributed by atoms with Gasteiger partial charge in [0.15, 0.2) is 0 Å². The lowest BCUT2D eigenvalue weighted by atomic mass is 10.0. The number of nitro benzene ring substituents is 1. The molecule has 0 spiro atoms. The predicted octanol–water partition coefficient (Wildman–Crippen LogP) is 3.88. The highest BCUT2D eigenvalue weighted by Gasteiger charge is 2.26. The Morgan fingerprint density at radius 1 is 1.13 bits per heavy atom. The molecular formula is C22H26N2O6. The molecule has 160 valence electrons. The zero-order chi connectivity index (χ0) is 22.1. The Morgan fingerprint density at radius 3 is 2.43 bits per heavy atom. The average molecular weight is 414 g/mol. The molecular weight excluding hydrogens is 388 g/mol. The molecule has 2 aromatic carbocycles. The molecule has 1 N–H and O–H groups in total. The van der Waals surface area contributed by atoms with Crippen molar-refractivity contribution >= 4 is 17.6 Å². The largest absolute Gasteiger partial charge is 0.488 e. The van der Waals surface area contributed by atoms with Gasteiger partial charge in [0.05, 0.1) is 23.2 Å². The van der Waals surface area contributed by atoms with E-state index in [4.69, 9.17) is 9.47 Å². The number of nitrogens with zero attached hydrogens (tertiary/aromatic N) is 1. The van der Waals surface area contributed by atoms with Crippen molar-refractivity contribution in [2.24, 2.45) is 5.92 Å². The molecule has 0 aliphatic carbocycles. The van der Waals surface area contributed by atoms with Crippen LogP contribution in [-0.2, 0) is 16.1 Å². The minimum atomic E-state index is -0.824. The third-order valence-electron chi connectivity index (χ3n) is 4.24. The summed E-state index contributed by atoms with van der Waals surface area (Å²) in [6, 6.07) is 12.2. The highest BCUT2D eigenvalue weighted by molar-refractivity contribution is 5.99. The average Bonchev–Trinajstić information content (AvgIpc) is 2.72. The molecule has 8 heteroatoms. The summed E-state index contributed by atoms with van der Waals surface area (Å²) in [7, 11) is 0. The van der Waals surface area contributed by atoms with E-state index in [2.05, 4.69) is 5.32 Å². The van der Waals surface area contributed by atoms with Gasteiger partial charge in [0.2, 0.25) is 0 Å². The van der Waals surface area contributed by atoms with Gasteiger partial charge in [-0.2, -0.15) is 0 Å². The number of benzene rings is 2. The minimum Gasteiger partial charge on any atom is -0.488 e. The van der Waals surface area contributed by atoms with Crippen LogP contribution in [0.3, 0.4) is 0 Å². The molecule has 0 fully saturated rings. The lowest BCUT2D eigenvalue weighted by molar-refractivity contribution is -0.384. The summed E-state index contributed by atoms with van der Waals surface area (Å²) < 4.78 is 10.8. The van der Waals surface area contributed by atoms with E-state index in [-0.39, 0.29) is 36.1 Å². The van der Waals surface area contributed by atoms with Crippen molar-refractivity contribution in [2.45, 2.75) is 39.8 Å². The van der Waals surface area contributed by atoms with E-state index in [1.54, 1.807) is 6.92 Å². The Labute approximate surface area is 175 Å². The van der Waals surface area contributed by atoms with Crippen LogP contribution in [0.15, 0.2) is 48.5 Å². The fourth-order valence-electron chi connectivity index (χ4n) is 2.83. The molecule has 1 amide bonds. The fourth-order valence-corrected chi connectivity index (χ4v) is 2.83. The summed E-state index contributed by atoms with van der Waals surface area (Å²) in [5.74, 6) is -0.872. The molecule has 0 bridgehead atoms. The molecule has 30 heavy (non-hydrogen) atoms. The van der Waals surface area contributed by atoms with Crippen molar-refractivity contribution in [2.75, 3.05) is 6.61 Å². The summed E-state index contributed by atoms with van der Waals surface area (Å²) in [5, 5.41) is 13.8. The molecule has 2 aromatic rings. The third-order valence-corrected chi connectivity index (χ3v) is 4.24. The van der Waals surface area contributed by atoms with Gasteiger partial charge in [0.25, 0.3) is 11.6 Å². The number of ether oxygens (including phenoxy) is 2. The van der Waals surface area contributed by atoms with Gasteiger partial charge in [-0.15, -0.1) is 0 Å². The highest BCUT2D eigenvalue weighted by Crippen LogP contribution is 2.26. The molecule has 0 unspecified atom stereocenters. The minimum absolute atomic E-state index is 0.0673. The van der Waals surface area contributed by atoms with Gasteiger partial charge in [-0.25, -0.2) is 4.79 Å².